The lowest BCUT2D eigenvalue weighted by molar-refractivity contribution is 1.73. The van der Waals surface area contributed by atoms with E-state index < -0.39 is 7.92 Å². The van der Waals surface area contributed by atoms with E-state index in [2.05, 4.69) is 0 Å². The Balaban J connectivity index is 2.27. The molecule has 0 aromatic heterocycles. The maximum absolute atomic E-state index is 6.45. The van der Waals surface area contributed by atoms with Gasteiger partial charge in [0.05, 0.1) is 0 Å². The molecule has 0 unspecified atom stereocenters. The van der Waals surface area contributed by atoms with Gasteiger partial charge < -0.3 is 0 Å². The van der Waals surface area contributed by atoms with Gasteiger partial charge in [0.15, 0.2) is 0 Å². The monoisotopic (exact) mass is 364 g/mol. The summed E-state index contributed by atoms with van der Waals surface area (Å²) in [5.41, 5.74) is 0. The van der Waals surface area contributed by atoms with Crippen molar-refractivity contribution in [2.75, 3.05) is 0 Å². The van der Waals surface area contributed by atoms with Crippen LogP contribution in [0.15, 0.2) is 72.8 Å². The van der Waals surface area contributed by atoms with Crippen LogP contribution in [0, 0.1) is 0 Å². The van der Waals surface area contributed by atoms with E-state index in [4.69, 9.17) is 34.8 Å². The molecule has 0 bridgehead atoms. The Morgan fingerprint density at radius 1 is 0.455 bits per heavy atom. The van der Waals surface area contributed by atoms with E-state index in [0.717, 1.165) is 31.0 Å². The highest BCUT2D eigenvalue weighted by atomic mass is 35.5. The van der Waals surface area contributed by atoms with Crippen LogP contribution in [-0.4, -0.2) is 0 Å². The molecule has 3 rings (SSSR count). The van der Waals surface area contributed by atoms with Crippen LogP contribution in [0.4, 0.5) is 0 Å². The third-order valence-electron chi connectivity index (χ3n) is 3.28. The van der Waals surface area contributed by atoms with Crippen molar-refractivity contribution in [3.63, 3.8) is 0 Å². The van der Waals surface area contributed by atoms with Crippen molar-refractivity contribution in [3.05, 3.63) is 87.9 Å². The number of hydrogen-bond acceptors (Lipinski definition) is 0. The van der Waals surface area contributed by atoms with Crippen LogP contribution >= 0.6 is 42.7 Å². The normalized spacial score (nSPS) is 10.9. The van der Waals surface area contributed by atoms with Gasteiger partial charge in [-0.1, -0.05) is 89.4 Å². The quantitative estimate of drug-likeness (QED) is 0.545. The molecule has 0 saturated carbocycles. The van der Waals surface area contributed by atoms with Gasteiger partial charge in [0.1, 0.15) is 0 Å². The molecule has 0 aliphatic heterocycles. The maximum atomic E-state index is 6.45. The Hall–Kier alpha value is -1.04. The van der Waals surface area contributed by atoms with E-state index in [-0.39, 0.29) is 0 Å². The molecule has 0 atom stereocenters. The highest BCUT2D eigenvalue weighted by molar-refractivity contribution is 7.80. The predicted molar refractivity (Wildman–Crippen MR) is 100 cm³/mol. The molecule has 0 amide bonds. The Morgan fingerprint density at radius 3 is 1.00 bits per heavy atom. The van der Waals surface area contributed by atoms with E-state index in [1.165, 1.54) is 0 Å². The summed E-state index contributed by atoms with van der Waals surface area (Å²) in [5, 5.41) is 5.36. The SMILES string of the molecule is Clc1ccccc1P(c1ccccc1Cl)c1ccccc1Cl. The summed E-state index contributed by atoms with van der Waals surface area (Å²) in [5.74, 6) is 0. The summed E-state index contributed by atoms with van der Waals surface area (Å²) in [6.45, 7) is 0. The van der Waals surface area contributed by atoms with Gasteiger partial charge in [-0.2, -0.15) is 0 Å². The minimum absolute atomic E-state index is 0.730. The Morgan fingerprint density at radius 2 is 0.727 bits per heavy atom. The third kappa shape index (κ3) is 3.16. The molecular formula is C18H12Cl3P. The molecule has 22 heavy (non-hydrogen) atoms. The van der Waals surface area contributed by atoms with E-state index in [9.17, 15) is 0 Å². The first-order valence-corrected chi connectivity index (χ1v) is 9.20. The zero-order valence-electron chi connectivity index (χ0n) is 11.5. The van der Waals surface area contributed by atoms with E-state index >= 15 is 0 Å². The van der Waals surface area contributed by atoms with Crippen molar-refractivity contribution in [2.45, 2.75) is 0 Å². The van der Waals surface area contributed by atoms with Crippen LogP contribution < -0.4 is 15.9 Å². The highest BCUT2D eigenvalue weighted by Crippen LogP contribution is 2.39. The molecule has 0 aliphatic carbocycles. The molecule has 0 fully saturated rings. The largest absolute Gasteiger partial charge is 0.0836 e. The zero-order chi connectivity index (χ0) is 15.5. The maximum Gasteiger partial charge on any atom is 0.0489 e. The summed E-state index contributed by atoms with van der Waals surface area (Å²) in [7, 11) is -0.904. The topological polar surface area (TPSA) is 0 Å². The lowest BCUT2D eigenvalue weighted by Gasteiger charge is -2.22. The summed E-state index contributed by atoms with van der Waals surface area (Å²) in [6.07, 6.45) is 0. The molecule has 0 heterocycles. The van der Waals surface area contributed by atoms with Gasteiger partial charge >= 0.3 is 0 Å². The smallest absolute Gasteiger partial charge is 0.0489 e. The van der Waals surface area contributed by atoms with Gasteiger partial charge in [0, 0.05) is 31.0 Å². The standard InChI is InChI=1S/C18H12Cl3P/c19-13-7-1-4-10-16(13)22(17-11-5-2-8-14(17)20)18-12-6-3-9-15(18)21/h1-12H. The minimum atomic E-state index is -0.904. The first kappa shape index (κ1) is 15.8. The van der Waals surface area contributed by atoms with E-state index in [1.54, 1.807) is 0 Å². The van der Waals surface area contributed by atoms with E-state index in [0.29, 0.717) is 0 Å². The molecule has 4 heteroatoms. The van der Waals surface area contributed by atoms with Crippen LogP contribution in [0.3, 0.4) is 0 Å². The van der Waals surface area contributed by atoms with Crippen LogP contribution in [0.5, 0.6) is 0 Å². The van der Waals surface area contributed by atoms with Crippen LogP contribution in [-0.2, 0) is 0 Å². The summed E-state index contributed by atoms with van der Waals surface area (Å²) >= 11 is 19.4. The second kappa shape index (κ2) is 7.02. The average molecular weight is 366 g/mol. The first-order chi connectivity index (χ1) is 10.7. The van der Waals surface area contributed by atoms with Gasteiger partial charge in [0.25, 0.3) is 0 Å². The fourth-order valence-electron chi connectivity index (χ4n) is 2.29. The lowest BCUT2D eigenvalue weighted by Crippen LogP contribution is -2.22. The molecule has 3 aromatic rings. The van der Waals surface area contributed by atoms with Crippen molar-refractivity contribution >= 4 is 58.6 Å². The van der Waals surface area contributed by atoms with Gasteiger partial charge in [-0.25, -0.2) is 0 Å². The fourth-order valence-corrected chi connectivity index (χ4v) is 5.80. The fraction of sp³-hybridized carbons (Fsp3) is 0. The first-order valence-electron chi connectivity index (χ1n) is 6.72. The minimum Gasteiger partial charge on any atom is -0.0836 e. The molecule has 3 aromatic carbocycles. The molecule has 110 valence electrons. The molecule has 0 saturated heterocycles. The summed E-state index contributed by atoms with van der Waals surface area (Å²) in [4.78, 5) is 0. The van der Waals surface area contributed by atoms with Crippen molar-refractivity contribution < 1.29 is 0 Å². The number of halogens is 3. The number of rotatable bonds is 3. The van der Waals surface area contributed by atoms with Gasteiger partial charge in [-0.05, 0) is 26.1 Å². The van der Waals surface area contributed by atoms with Crippen molar-refractivity contribution in [3.8, 4) is 0 Å². The zero-order valence-corrected chi connectivity index (χ0v) is 14.7. The van der Waals surface area contributed by atoms with Crippen LogP contribution in [0.25, 0.3) is 0 Å². The summed E-state index contributed by atoms with van der Waals surface area (Å²) < 4.78 is 0. The number of benzene rings is 3. The summed E-state index contributed by atoms with van der Waals surface area (Å²) in [6, 6.07) is 23.6. The molecule has 0 nitrogen and oxygen atoms in total. The molecular weight excluding hydrogens is 354 g/mol. The second-order valence-corrected chi connectivity index (χ2v) is 8.03. The molecule has 0 aliphatic rings. The third-order valence-corrected chi connectivity index (χ3v) is 7.28. The lowest BCUT2D eigenvalue weighted by atomic mass is 10.3. The van der Waals surface area contributed by atoms with Crippen molar-refractivity contribution in [2.24, 2.45) is 0 Å². The molecule has 0 radical (unpaired) electrons. The second-order valence-electron chi connectivity index (χ2n) is 4.69. The van der Waals surface area contributed by atoms with Crippen LogP contribution in [0.1, 0.15) is 0 Å². The highest BCUT2D eigenvalue weighted by Gasteiger charge is 2.22. The van der Waals surface area contributed by atoms with Gasteiger partial charge in [-0.3, -0.25) is 0 Å². The van der Waals surface area contributed by atoms with Crippen molar-refractivity contribution in [1.29, 1.82) is 0 Å². The Labute approximate surface area is 146 Å². The van der Waals surface area contributed by atoms with Crippen LogP contribution in [0.2, 0.25) is 15.1 Å². The number of hydrogen-bond donors (Lipinski definition) is 0. The molecule has 0 N–H and O–H groups in total. The van der Waals surface area contributed by atoms with E-state index in [1.807, 2.05) is 72.8 Å². The Bertz CT molecular complexity index is 693. The van der Waals surface area contributed by atoms with Crippen molar-refractivity contribution in [1.82, 2.24) is 0 Å². The Kier molecular flexibility index (Phi) is 5.06. The predicted octanol–water partition coefficient (Wildman–Crippen LogP) is 5.41. The molecule has 0 spiro atoms. The van der Waals surface area contributed by atoms with Gasteiger partial charge in [0.2, 0.25) is 0 Å². The van der Waals surface area contributed by atoms with Gasteiger partial charge in [-0.15, -0.1) is 0 Å². The average Bonchev–Trinajstić information content (AvgIpc) is 2.53.